The van der Waals surface area contributed by atoms with Crippen molar-refractivity contribution in [3.63, 3.8) is 0 Å². The largest absolute Gasteiger partial charge is 0.481 e. The van der Waals surface area contributed by atoms with Gasteiger partial charge in [-0.15, -0.1) is 0 Å². The minimum absolute atomic E-state index is 0.0797. The van der Waals surface area contributed by atoms with Crippen molar-refractivity contribution in [3.8, 4) is 0 Å². The van der Waals surface area contributed by atoms with Crippen LogP contribution < -0.4 is 10.0 Å². The molecule has 1 aromatic carbocycles. The highest BCUT2D eigenvalue weighted by Crippen LogP contribution is 2.42. The molecule has 0 bridgehead atoms. The number of nitrogens with one attached hydrogen (secondary N) is 2. The molecule has 1 aromatic rings. The number of rotatable bonds is 11. The monoisotopic (exact) mass is 424 g/mol. The number of sulfonamides is 1. The average molecular weight is 425 g/mol. The molecule has 1 aliphatic carbocycles. The highest BCUT2D eigenvalue weighted by molar-refractivity contribution is 7.89. The van der Waals surface area contributed by atoms with Gasteiger partial charge >= 0.3 is 5.97 Å². The molecular formula is C21H32N2O5S. The minimum atomic E-state index is -3.61. The fourth-order valence-corrected chi connectivity index (χ4v) is 5.17. The lowest BCUT2D eigenvalue weighted by Gasteiger charge is -2.37. The second-order valence-corrected chi connectivity index (χ2v) is 9.60. The lowest BCUT2D eigenvalue weighted by atomic mass is 9.67. The predicted molar refractivity (Wildman–Crippen MR) is 111 cm³/mol. The summed E-state index contributed by atoms with van der Waals surface area (Å²) in [6, 6.07) is 8.07. The molecule has 0 aromatic heterocycles. The number of carboxylic acid groups (broad SMARTS) is 1. The van der Waals surface area contributed by atoms with Gasteiger partial charge in [-0.1, -0.05) is 50.8 Å². The van der Waals surface area contributed by atoms with Crippen LogP contribution >= 0.6 is 0 Å². The molecule has 1 amide bonds. The molecule has 1 aliphatic rings. The highest BCUT2D eigenvalue weighted by Gasteiger charge is 2.42. The maximum atomic E-state index is 13.0. The van der Waals surface area contributed by atoms with Crippen molar-refractivity contribution in [1.82, 2.24) is 10.0 Å². The van der Waals surface area contributed by atoms with E-state index in [4.69, 9.17) is 0 Å². The van der Waals surface area contributed by atoms with Gasteiger partial charge in [0.25, 0.3) is 0 Å². The number of hydrogen-bond donors (Lipinski definition) is 3. The lowest BCUT2D eigenvalue weighted by molar-refractivity contribution is -0.145. The molecule has 29 heavy (non-hydrogen) atoms. The molecular weight excluding hydrogens is 392 g/mol. The van der Waals surface area contributed by atoms with Crippen molar-refractivity contribution >= 4 is 21.9 Å². The lowest BCUT2D eigenvalue weighted by Crippen LogP contribution is -2.46. The summed E-state index contributed by atoms with van der Waals surface area (Å²) in [5, 5.41) is 12.4. The zero-order valence-corrected chi connectivity index (χ0v) is 17.8. The molecule has 8 heteroatoms. The SMILES string of the molecule is CCCC(CC1(C(=O)NCCNS(=O)(=O)c2ccccc2)CCCCC1)C(=O)O. The van der Waals surface area contributed by atoms with Gasteiger partial charge in [-0.3, -0.25) is 9.59 Å². The van der Waals surface area contributed by atoms with Crippen molar-refractivity contribution in [2.24, 2.45) is 11.3 Å². The van der Waals surface area contributed by atoms with Gasteiger partial charge in [-0.05, 0) is 37.8 Å². The van der Waals surface area contributed by atoms with Crippen LogP contribution in [0.25, 0.3) is 0 Å². The maximum absolute atomic E-state index is 13.0. The molecule has 1 atom stereocenters. The number of amides is 1. The number of carbonyl (C=O) groups excluding carboxylic acids is 1. The Morgan fingerprint density at radius 2 is 1.76 bits per heavy atom. The molecule has 3 N–H and O–H groups in total. The normalized spacial score (nSPS) is 17.4. The molecule has 1 unspecified atom stereocenters. The second kappa shape index (κ2) is 10.7. The van der Waals surface area contributed by atoms with E-state index in [-0.39, 0.29) is 23.9 Å². The van der Waals surface area contributed by atoms with Crippen LogP contribution in [0.2, 0.25) is 0 Å². The van der Waals surface area contributed by atoms with Gasteiger partial charge in [0.05, 0.1) is 10.8 Å². The van der Waals surface area contributed by atoms with Gasteiger partial charge in [-0.25, -0.2) is 13.1 Å². The second-order valence-electron chi connectivity index (χ2n) is 7.84. The van der Waals surface area contributed by atoms with Gasteiger partial charge < -0.3 is 10.4 Å². The van der Waals surface area contributed by atoms with Crippen LogP contribution in [0.15, 0.2) is 35.2 Å². The maximum Gasteiger partial charge on any atom is 0.306 e. The van der Waals surface area contributed by atoms with Crippen LogP contribution in [0.4, 0.5) is 0 Å². The molecule has 7 nitrogen and oxygen atoms in total. The zero-order chi connectivity index (χ0) is 21.3. The summed E-state index contributed by atoms with van der Waals surface area (Å²) in [7, 11) is -3.61. The summed E-state index contributed by atoms with van der Waals surface area (Å²) >= 11 is 0. The molecule has 0 heterocycles. The summed E-state index contributed by atoms with van der Waals surface area (Å²) in [6.07, 6.45) is 5.90. The van der Waals surface area contributed by atoms with Crippen molar-refractivity contribution < 1.29 is 23.1 Å². The van der Waals surface area contributed by atoms with Crippen molar-refractivity contribution in [2.75, 3.05) is 13.1 Å². The molecule has 0 spiro atoms. The summed E-state index contributed by atoms with van der Waals surface area (Å²) in [4.78, 5) is 24.8. The Kier molecular flexibility index (Phi) is 8.64. The van der Waals surface area contributed by atoms with Crippen LogP contribution in [-0.2, 0) is 19.6 Å². The zero-order valence-electron chi connectivity index (χ0n) is 17.0. The van der Waals surface area contributed by atoms with Crippen molar-refractivity contribution in [2.45, 2.75) is 63.2 Å². The van der Waals surface area contributed by atoms with Gasteiger partial charge in [0.2, 0.25) is 15.9 Å². The van der Waals surface area contributed by atoms with E-state index < -0.39 is 27.3 Å². The fourth-order valence-electron chi connectivity index (χ4n) is 4.12. The van der Waals surface area contributed by atoms with Gasteiger partial charge in [0, 0.05) is 18.5 Å². The first kappa shape index (κ1) is 23.3. The summed E-state index contributed by atoms with van der Waals surface area (Å²) in [5.41, 5.74) is -0.672. The smallest absolute Gasteiger partial charge is 0.306 e. The minimum Gasteiger partial charge on any atom is -0.481 e. The molecule has 2 rings (SSSR count). The first-order valence-electron chi connectivity index (χ1n) is 10.4. The third kappa shape index (κ3) is 6.54. The van der Waals surface area contributed by atoms with Crippen LogP contribution in [0, 0.1) is 11.3 Å². The Hall–Kier alpha value is -1.93. The molecule has 0 saturated heterocycles. The van der Waals surface area contributed by atoms with Gasteiger partial charge in [0.15, 0.2) is 0 Å². The van der Waals surface area contributed by atoms with E-state index in [0.717, 1.165) is 25.7 Å². The summed E-state index contributed by atoms with van der Waals surface area (Å²) in [5.74, 6) is -1.53. The van der Waals surface area contributed by atoms with E-state index in [0.29, 0.717) is 25.7 Å². The topological polar surface area (TPSA) is 113 Å². The first-order valence-corrected chi connectivity index (χ1v) is 11.8. The van der Waals surface area contributed by atoms with Crippen LogP contribution in [0.5, 0.6) is 0 Å². The van der Waals surface area contributed by atoms with Crippen LogP contribution in [0.1, 0.15) is 58.3 Å². The third-order valence-electron chi connectivity index (χ3n) is 5.67. The van der Waals surface area contributed by atoms with Crippen molar-refractivity contribution in [3.05, 3.63) is 30.3 Å². The fraction of sp³-hybridized carbons (Fsp3) is 0.619. The third-order valence-corrected chi connectivity index (χ3v) is 7.15. The van der Waals surface area contributed by atoms with E-state index in [2.05, 4.69) is 10.0 Å². The average Bonchev–Trinajstić information content (AvgIpc) is 2.72. The van der Waals surface area contributed by atoms with E-state index in [1.807, 2.05) is 6.92 Å². The number of benzene rings is 1. The molecule has 0 radical (unpaired) electrons. The number of aliphatic carboxylic acids is 1. The predicted octanol–water partition coefficient (Wildman–Crippen LogP) is 2.92. The van der Waals surface area contributed by atoms with E-state index >= 15 is 0 Å². The first-order chi connectivity index (χ1) is 13.8. The van der Waals surface area contributed by atoms with Gasteiger partial charge in [-0.2, -0.15) is 0 Å². The van der Waals surface area contributed by atoms with E-state index in [1.54, 1.807) is 18.2 Å². The number of carbonyl (C=O) groups is 2. The van der Waals surface area contributed by atoms with Gasteiger partial charge in [0.1, 0.15) is 0 Å². The standard InChI is InChI=1S/C21H32N2O5S/c1-2-9-17(19(24)25)16-21(12-7-4-8-13-21)20(26)22-14-15-23-29(27,28)18-10-5-3-6-11-18/h3,5-6,10-11,17,23H,2,4,7-9,12-16H2,1H3,(H,22,26)(H,24,25). The van der Waals surface area contributed by atoms with Crippen LogP contribution in [-0.4, -0.2) is 38.5 Å². The number of carboxylic acids is 1. The molecule has 162 valence electrons. The highest BCUT2D eigenvalue weighted by atomic mass is 32.2. The Bertz CT molecular complexity index is 774. The van der Waals surface area contributed by atoms with Crippen molar-refractivity contribution in [1.29, 1.82) is 0 Å². The Morgan fingerprint density at radius 1 is 1.10 bits per heavy atom. The molecule has 0 aliphatic heterocycles. The Balaban J connectivity index is 1.95. The summed E-state index contributed by atoms with van der Waals surface area (Å²) < 4.78 is 27.0. The quantitative estimate of drug-likeness (QED) is 0.473. The van der Waals surface area contributed by atoms with Crippen LogP contribution in [0.3, 0.4) is 0 Å². The Labute approximate surface area is 173 Å². The molecule has 1 fully saturated rings. The Morgan fingerprint density at radius 3 is 2.34 bits per heavy atom. The van der Waals surface area contributed by atoms with E-state index in [9.17, 15) is 23.1 Å². The number of hydrogen-bond acceptors (Lipinski definition) is 4. The molecule has 1 saturated carbocycles. The summed E-state index contributed by atoms with van der Waals surface area (Å²) in [6.45, 7) is 2.19. The van der Waals surface area contributed by atoms with E-state index in [1.165, 1.54) is 12.1 Å².